The van der Waals surface area contributed by atoms with Gasteiger partial charge in [-0.2, -0.15) is 0 Å². The van der Waals surface area contributed by atoms with Gasteiger partial charge >= 0.3 is 0 Å². The van der Waals surface area contributed by atoms with Gasteiger partial charge in [-0.05, 0) is 110 Å². The Hall–Kier alpha value is -6.90. The maximum absolute atomic E-state index is 6.17. The Bertz CT molecular complexity index is 2870. The Labute approximate surface area is 302 Å². The third-order valence-electron chi connectivity index (χ3n) is 10.2. The number of benzene rings is 9. The van der Waals surface area contributed by atoms with E-state index in [0.29, 0.717) is 0 Å². The molecule has 0 spiro atoms. The number of anilines is 3. The average Bonchev–Trinajstić information content (AvgIpc) is 3.60. The van der Waals surface area contributed by atoms with Crippen LogP contribution in [0.25, 0.3) is 76.9 Å². The molecule has 2 nitrogen and oxygen atoms in total. The van der Waals surface area contributed by atoms with Crippen molar-refractivity contribution in [1.29, 1.82) is 0 Å². The predicted molar refractivity (Wildman–Crippen MR) is 220 cm³/mol. The standard InChI is InChI=1S/C50H33NO/c1-4-14-35(15-5-1)49-44-22-11-10-20-41(44)42-30-26-37(32-46(42)50(49)36-16-6-2-7-17-36)34-24-27-39(28-25-34)51(38-18-8-3-9-19-38)40-29-31-48-45(33-40)43-21-12-13-23-47(43)52-48/h1-33H. The van der Waals surface area contributed by atoms with Crippen molar-refractivity contribution in [2.24, 2.45) is 0 Å². The first-order chi connectivity index (χ1) is 25.8. The molecule has 2 heteroatoms. The third-order valence-corrected chi connectivity index (χ3v) is 10.2. The number of hydrogen-bond donors (Lipinski definition) is 0. The van der Waals surface area contributed by atoms with E-state index in [-0.39, 0.29) is 0 Å². The maximum Gasteiger partial charge on any atom is 0.135 e. The second-order valence-electron chi connectivity index (χ2n) is 13.3. The Morgan fingerprint density at radius 3 is 1.48 bits per heavy atom. The van der Waals surface area contributed by atoms with E-state index >= 15 is 0 Å². The van der Waals surface area contributed by atoms with Crippen molar-refractivity contribution in [1.82, 2.24) is 0 Å². The summed E-state index contributed by atoms with van der Waals surface area (Å²) in [6.45, 7) is 0. The minimum absolute atomic E-state index is 0.891. The van der Waals surface area contributed by atoms with Gasteiger partial charge in [0.15, 0.2) is 0 Å². The summed E-state index contributed by atoms with van der Waals surface area (Å²) in [6.07, 6.45) is 0. The Morgan fingerprint density at radius 1 is 0.269 bits per heavy atom. The Morgan fingerprint density at radius 2 is 0.769 bits per heavy atom. The molecule has 0 unspecified atom stereocenters. The molecule has 0 aliphatic rings. The molecule has 10 aromatic rings. The average molecular weight is 664 g/mol. The summed E-state index contributed by atoms with van der Waals surface area (Å²) >= 11 is 0. The minimum atomic E-state index is 0.891. The van der Waals surface area contributed by atoms with Gasteiger partial charge in [0.05, 0.1) is 0 Å². The normalized spacial score (nSPS) is 11.5. The van der Waals surface area contributed by atoms with Gasteiger partial charge in [-0.3, -0.25) is 0 Å². The van der Waals surface area contributed by atoms with E-state index in [2.05, 4.69) is 193 Å². The zero-order valence-corrected chi connectivity index (χ0v) is 28.4. The molecular weight excluding hydrogens is 631 g/mol. The monoisotopic (exact) mass is 663 g/mol. The molecule has 1 aromatic heterocycles. The summed E-state index contributed by atoms with van der Waals surface area (Å²) in [6, 6.07) is 71.7. The van der Waals surface area contributed by atoms with Gasteiger partial charge in [0.1, 0.15) is 11.2 Å². The number of hydrogen-bond acceptors (Lipinski definition) is 2. The summed E-state index contributed by atoms with van der Waals surface area (Å²) in [5.41, 5.74) is 12.4. The topological polar surface area (TPSA) is 16.4 Å². The van der Waals surface area contributed by atoms with Gasteiger partial charge in [0.25, 0.3) is 0 Å². The molecule has 52 heavy (non-hydrogen) atoms. The van der Waals surface area contributed by atoms with Crippen LogP contribution in [-0.2, 0) is 0 Å². The highest BCUT2D eigenvalue weighted by Crippen LogP contribution is 2.46. The lowest BCUT2D eigenvalue weighted by atomic mass is 9.84. The summed E-state index contributed by atoms with van der Waals surface area (Å²) in [4.78, 5) is 2.32. The van der Waals surface area contributed by atoms with Crippen LogP contribution >= 0.6 is 0 Å². The lowest BCUT2D eigenvalue weighted by molar-refractivity contribution is 0.669. The van der Waals surface area contributed by atoms with Crippen LogP contribution in [0.1, 0.15) is 0 Å². The summed E-state index contributed by atoms with van der Waals surface area (Å²) in [5, 5.41) is 7.26. The molecule has 10 rings (SSSR count). The molecule has 0 saturated heterocycles. The van der Waals surface area contributed by atoms with Gasteiger partial charge in [-0.15, -0.1) is 0 Å². The highest BCUT2D eigenvalue weighted by Gasteiger charge is 2.19. The molecule has 0 saturated carbocycles. The molecule has 1 heterocycles. The van der Waals surface area contributed by atoms with E-state index in [1.165, 1.54) is 54.9 Å². The van der Waals surface area contributed by atoms with E-state index in [0.717, 1.165) is 39.0 Å². The maximum atomic E-state index is 6.17. The van der Waals surface area contributed by atoms with Crippen molar-refractivity contribution in [3.05, 3.63) is 200 Å². The summed E-state index contributed by atoms with van der Waals surface area (Å²) in [7, 11) is 0. The number of para-hydroxylation sites is 2. The quantitative estimate of drug-likeness (QED) is 0.165. The van der Waals surface area contributed by atoms with Crippen molar-refractivity contribution in [3.63, 3.8) is 0 Å². The molecule has 0 radical (unpaired) electrons. The van der Waals surface area contributed by atoms with Crippen LogP contribution in [0.15, 0.2) is 205 Å². The molecule has 0 fully saturated rings. The summed E-state index contributed by atoms with van der Waals surface area (Å²) in [5.74, 6) is 0. The smallest absolute Gasteiger partial charge is 0.135 e. The second-order valence-corrected chi connectivity index (χ2v) is 13.3. The third kappa shape index (κ3) is 5.04. The molecule has 244 valence electrons. The van der Waals surface area contributed by atoms with E-state index in [1.54, 1.807) is 0 Å². The van der Waals surface area contributed by atoms with E-state index < -0.39 is 0 Å². The first-order valence-corrected chi connectivity index (χ1v) is 17.8. The summed E-state index contributed by atoms with van der Waals surface area (Å²) < 4.78 is 6.17. The number of rotatable bonds is 6. The first kappa shape index (κ1) is 30.0. The van der Waals surface area contributed by atoms with Crippen molar-refractivity contribution >= 4 is 60.5 Å². The molecule has 9 aromatic carbocycles. The molecular formula is C50H33NO. The number of nitrogens with zero attached hydrogens (tertiary/aromatic N) is 1. The van der Waals surface area contributed by atoms with Crippen molar-refractivity contribution in [2.45, 2.75) is 0 Å². The van der Waals surface area contributed by atoms with Crippen LogP contribution in [0.5, 0.6) is 0 Å². The van der Waals surface area contributed by atoms with Crippen LogP contribution in [0.4, 0.5) is 17.1 Å². The van der Waals surface area contributed by atoms with Gasteiger partial charge in [0, 0.05) is 27.8 Å². The zero-order valence-electron chi connectivity index (χ0n) is 28.4. The molecule has 0 amide bonds. The predicted octanol–water partition coefficient (Wildman–Crippen LogP) is 14.4. The Balaban J connectivity index is 1.13. The fraction of sp³-hybridized carbons (Fsp3) is 0. The van der Waals surface area contributed by atoms with Crippen LogP contribution in [-0.4, -0.2) is 0 Å². The second kappa shape index (κ2) is 12.5. The molecule has 0 bridgehead atoms. The zero-order chi connectivity index (χ0) is 34.4. The molecule has 0 aliphatic heterocycles. The van der Waals surface area contributed by atoms with Crippen molar-refractivity contribution in [2.75, 3.05) is 4.90 Å². The van der Waals surface area contributed by atoms with Crippen molar-refractivity contribution < 1.29 is 4.42 Å². The molecule has 0 atom stereocenters. The first-order valence-electron chi connectivity index (χ1n) is 17.8. The van der Waals surface area contributed by atoms with Gasteiger partial charge in [0.2, 0.25) is 0 Å². The van der Waals surface area contributed by atoms with E-state index in [9.17, 15) is 0 Å². The van der Waals surface area contributed by atoms with Crippen molar-refractivity contribution in [3.8, 4) is 33.4 Å². The number of furan rings is 1. The number of fused-ring (bicyclic) bond motifs is 6. The fourth-order valence-corrected chi connectivity index (χ4v) is 7.86. The van der Waals surface area contributed by atoms with E-state index in [1.807, 2.05) is 12.1 Å². The fourth-order valence-electron chi connectivity index (χ4n) is 7.86. The van der Waals surface area contributed by atoms with E-state index in [4.69, 9.17) is 4.42 Å². The molecule has 0 aliphatic carbocycles. The Kier molecular flexibility index (Phi) is 7.18. The minimum Gasteiger partial charge on any atom is -0.456 e. The lowest BCUT2D eigenvalue weighted by Crippen LogP contribution is -2.09. The highest BCUT2D eigenvalue weighted by atomic mass is 16.3. The van der Waals surface area contributed by atoms with Gasteiger partial charge < -0.3 is 9.32 Å². The van der Waals surface area contributed by atoms with Crippen LogP contribution in [0.2, 0.25) is 0 Å². The van der Waals surface area contributed by atoms with Gasteiger partial charge in [-0.25, -0.2) is 0 Å². The molecule has 0 N–H and O–H groups in total. The van der Waals surface area contributed by atoms with Gasteiger partial charge in [-0.1, -0.05) is 146 Å². The van der Waals surface area contributed by atoms with Crippen LogP contribution in [0.3, 0.4) is 0 Å². The highest BCUT2D eigenvalue weighted by molar-refractivity contribution is 6.22. The lowest BCUT2D eigenvalue weighted by Gasteiger charge is -2.25. The largest absolute Gasteiger partial charge is 0.456 e. The van der Waals surface area contributed by atoms with Crippen LogP contribution < -0.4 is 4.90 Å². The van der Waals surface area contributed by atoms with Crippen LogP contribution in [0, 0.1) is 0 Å². The SMILES string of the molecule is c1ccc(-c2c(-c3ccccc3)c3cc(-c4ccc(N(c5ccccc5)c5ccc6oc7ccccc7c6c5)cc4)ccc3c3ccccc23)cc1.